The summed E-state index contributed by atoms with van der Waals surface area (Å²) in [4.78, 5) is 37.2. The molecule has 0 aliphatic carbocycles. The molecule has 174 valence electrons. The van der Waals surface area contributed by atoms with Gasteiger partial charge in [-0.2, -0.15) is 5.26 Å². The number of aryl methyl sites for hydroxylation is 1. The van der Waals surface area contributed by atoms with E-state index in [4.69, 9.17) is 18.9 Å². The zero-order valence-electron chi connectivity index (χ0n) is 18.9. The fraction of sp³-hybridized carbons (Fsp3) is 0.304. The van der Waals surface area contributed by atoms with E-state index in [0.717, 1.165) is 17.7 Å². The van der Waals surface area contributed by atoms with E-state index in [0.29, 0.717) is 10.6 Å². The molecule has 9 nitrogen and oxygen atoms in total. The van der Waals surface area contributed by atoms with Crippen molar-refractivity contribution in [2.24, 2.45) is 0 Å². The Balaban J connectivity index is 2.42. The number of ether oxygens (including phenoxy) is 4. The summed E-state index contributed by atoms with van der Waals surface area (Å²) in [6.07, 6.45) is 2.93. The van der Waals surface area contributed by atoms with Crippen LogP contribution in [0.25, 0.3) is 6.08 Å². The second-order valence-electron chi connectivity index (χ2n) is 6.67. The number of benzene rings is 1. The number of carbonyl (C=O) groups excluding carboxylic acids is 3. The molecule has 1 heterocycles. The summed E-state index contributed by atoms with van der Waals surface area (Å²) in [6, 6.07) is 6.52. The molecule has 1 aromatic carbocycles. The second-order valence-corrected chi connectivity index (χ2v) is 7.81. The van der Waals surface area contributed by atoms with Crippen LogP contribution in [0.4, 0.5) is 5.00 Å². The highest BCUT2D eigenvalue weighted by Gasteiger charge is 2.21. The molecule has 0 spiro atoms. The molecule has 0 aliphatic heterocycles. The largest absolute Gasteiger partial charge is 0.493 e. The Bertz CT molecular complexity index is 1100. The lowest BCUT2D eigenvalue weighted by molar-refractivity contribution is -0.132. The molecule has 2 aromatic rings. The Hall–Kier alpha value is -3.84. The Morgan fingerprint density at radius 3 is 2.24 bits per heavy atom. The minimum atomic E-state index is -0.699. The number of hydrogen-bond donors (Lipinski definition) is 1. The van der Waals surface area contributed by atoms with Crippen molar-refractivity contribution in [3.05, 3.63) is 39.8 Å². The number of amides is 1. The lowest BCUT2D eigenvalue weighted by Crippen LogP contribution is -2.15. The second kappa shape index (κ2) is 11.7. The topological polar surface area (TPSA) is 124 Å². The van der Waals surface area contributed by atoms with Gasteiger partial charge in [-0.25, -0.2) is 4.79 Å². The van der Waals surface area contributed by atoms with Gasteiger partial charge in [-0.05, 0) is 36.3 Å². The molecular formula is C23H24N2O7S. The predicted octanol–water partition coefficient (Wildman–Crippen LogP) is 3.98. The SMILES string of the molecule is CCCc1cc(C(=O)OC)c(NC(=O)/C(C#N)=C/c2cc(OC)c(OC(C)=O)c(OC)c2)s1. The van der Waals surface area contributed by atoms with Gasteiger partial charge in [0.15, 0.2) is 11.5 Å². The summed E-state index contributed by atoms with van der Waals surface area (Å²) >= 11 is 1.25. The van der Waals surface area contributed by atoms with Crippen molar-refractivity contribution in [1.29, 1.82) is 5.26 Å². The fourth-order valence-corrected chi connectivity index (χ4v) is 4.02. The first-order chi connectivity index (χ1) is 15.8. The van der Waals surface area contributed by atoms with Gasteiger partial charge in [0.2, 0.25) is 5.75 Å². The third-order valence-electron chi connectivity index (χ3n) is 4.32. The first-order valence-corrected chi connectivity index (χ1v) is 10.7. The molecule has 33 heavy (non-hydrogen) atoms. The van der Waals surface area contributed by atoms with Crippen LogP contribution in [0.2, 0.25) is 0 Å². The van der Waals surface area contributed by atoms with Crippen molar-refractivity contribution < 1.29 is 33.3 Å². The van der Waals surface area contributed by atoms with E-state index >= 15 is 0 Å². The van der Waals surface area contributed by atoms with Gasteiger partial charge in [0.05, 0.1) is 26.9 Å². The van der Waals surface area contributed by atoms with Gasteiger partial charge in [-0.3, -0.25) is 9.59 Å². The number of thiophene rings is 1. The molecule has 0 atom stereocenters. The minimum absolute atomic E-state index is 0.0809. The van der Waals surface area contributed by atoms with Crippen LogP contribution in [0, 0.1) is 11.3 Å². The highest BCUT2D eigenvalue weighted by atomic mass is 32.1. The molecule has 0 bridgehead atoms. The first kappa shape index (κ1) is 25.4. The lowest BCUT2D eigenvalue weighted by Gasteiger charge is -2.13. The van der Waals surface area contributed by atoms with E-state index in [1.54, 1.807) is 6.07 Å². The van der Waals surface area contributed by atoms with E-state index in [1.807, 2.05) is 13.0 Å². The number of carbonyl (C=O) groups is 3. The van der Waals surface area contributed by atoms with Crippen molar-refractivity contribution in [3.63, 3.8) is 0 Å². The molecule has 1 N–H and O–H groups in total. The maximum Gasteiger partial charge on any atom is 0.340 e. The number of anilines is 1. The maximum atomic E-state index is 12.8. The molecule has 1 aromatic heterocycles. The van der Waals surface area contributed by atoms with Crippen LogP contribution in [-0.4, -0.2) is 39.2 Å². The van der Waals surface area contributed by atoms with E-state index in [9.17, 15) is 19.6 Å². The molecule has 2 rings (SSSR count). The number of nitrogens with zero attached hydrogens (tertiary/aromatic N) is 1. The van der Waals surface area contributed by atoms with E-state index < -0.39 is 17.8 Å². The van der Waals surface area contributed by atoms with Crippen molar-refractivity contribution >= 4 is 40.3 Å². The maximum absolute atomic E-state index is 12.8. The van der Waals surface area contributed by atoms with Crippen LogP contribution < -0.4 is 19.5 Å². The minimum Gasteiger partial charge on any atom is -0.493 e. The van der Waals surface area contributed by atoms with Crippen LogP contribution in [0.15, 0.2) is 23.8 Å². The van der Waals surface area contributed by atoms with Gasteiger partial charge < -0.3 is 24.3 Å². The molecule has 0 aliphatic rings. The summed E-state index contributed by atoms with van der Waals surface area (Å²) in [5.41, 5.74) is 0.406. The molecular weight excluding hydrogens is 448 g/mol. The number of nitrogens with one attached hydrogen (secondary N) is 1. The third-order valence-corrected chi connectivity index (χ3v) is 5.43. The molecule has 0 unspecified atom stereocenters. The fourth-order valence-electron chi connectivity index (χ4n) is 2.88. The zero-order valence-corrected chi connectivity index (χ0v) is 19.8. The molecule has 10 heteroatoms. The summed E-state index contributed by atoms with van der Waals surface area (Å²) in [7, 11) is 4.02. The van der Waals surface area contributed by atoms with Crippen LogP contribution >= 0.6 is 11.3 Å². The lowest BCUT2D eigenvalue weighted by atomic mass is 10.1. The number of esters is 2. The molecule has 0 saturated heterocycles. The van der Waals surface area contributed by atoms with Gasteiger partial charge in [0.1, 0.15) is 16.6 Å². The quantitative estimate of drug-likeness (QED) is 0.252. The van der Waals surface area contributed by atoms with Gasteiger partial charge in [-0.15, -0.1) is 11.3 Å². The van der Waals surface area contributed by atoms with Crippen LogP contribution in [0.3, 0.4) is 0 Å². The number of hydrogen-bond acceptors (Lipinski definition) is 9. The smallest absolute Gasteiger partial charge is 0.340 e. The van der Waals surface area contributed by atoms with Crippen LogP contribution in [0.5, 0.6) is 17.2 Å². The summed E-state index contributed by atoms with van der Waals surface area (Å²) in [6.45, 7) is 3.24. The predicted molar refractivity (Wildman–Crippen MR) is 123 cm³/mol. The Labute approximate surface area is 195 Å². The highest BCUT2D eigenvalue weighted by molar-refractivity contribution is 7.16. The third kappa shape index (κ3) is 6.33. The molecule has 1 amide bonds. The average molecular weight is 473 g/mol. The average Bonchev–Trinajstić information content (AvgIpc) is 3.19. The van der Waals surface area contributed by atoms with Gasteiger partial charge in [0, 0.05) is 11.8 Å². The van der Waals surface area contributed by atoms with Crippen LogP contribution in [0.1, 0.15) is 41.1 Å². The summed E-state index contributed by atoms with van der Waals surface area (Å²) in [5, 5.41) is 12.5. The Morgan fingerprint density at radius 1 is 1.12 bits per heavy atom. The number of nitriles is 1. The van der Waals surface area contributed by atoms with E-state index in [-0.39, 0.29) is 28.4 Å². The Kier molecular flexibility index (Phi) is 9.00. The van der Waals surface area contributed by atoms with Crippen molar-refractivity contribution in [2.45, 2.75) is 26.7 Å². The number of methoxy groups -OCH3 is 3. The summed E-state index contributed by atoms with van der Waals surface area (Å²) in [5.74, 6) is -1.39. The van der Waals surface area contributed by atoms with Gasteiger partial charge in [-0.1, -0.05) is 13.3 Å². The van der Waals surface area contributed by atoms with Crippen molar-refractivity contribution in [1.82, 2.24) is 0 Å². The van der Waals surface area contributed by atoms with Gasteiger partial charge >= 0.3 is 11.9 Å². The van der Waals surface area contributed by atoms with E-state index in [1.165, 1.54) is 57.8 Å². The monoisotopic (exact) mass is 472 g/mol. The highest BCUT2D eigenvalue weighted by Crippen LogP contribution is 2.39. The molecule has 0 saturated carbocycles. The number of rotatable bonds is 9. The van der Waals surface area contributed by atoms with Crippen LogP contribution in [-0.2, 0) is 20.7 Å². The normalized spacial score (nSPS) is 10.7. The van der Waals surface area contributed by atoms with E-state index in [2.05, 4.69) is 5.32 Å². The molecule has 0 radical (unpaired) electrons. The first-order valence-electron chi connectivity index (χ1n) is 9.86. The summed E-state index contributed by atoms with van der Waals surface area (Å²) < 4.78 is 20.5. The van der Waals surface area contributed by atoms with Crippen molar-refractivity contribution in [3.8, 4) is 23.3 Å². The van der Waals surface area contributed by atoms with Gasteiger partial charge in [0.25, 0.3) is 5.91 Å². The standard InChI is InChI=1S/C23H24N2O7S/c1-6-7-16-11-17(23(28)31-5)22(33-16)25-21(27)15(12-24)8-14-9-18(29-3)20(32-13(2)26)19(10-14)30-4/h8-11H,6-7H2,1-5H3,(H,25,27)/b15-8+. The van der Waals surface area contributed by atoms with Crippen molar-refractivity contribution in [2.75, 3.05) is 26.6 Å². The molecule has 0 fully saturated rings. The Morgan fingerprint density at radius 2 is 1.76 bits per heavy atom. The zero-order chi connectivity index (χ0) is 24.5.